The van der Waals surface area contributed by atoms with Gasteiger partial charge < -0.3 is 9.47 Å². The molecule has 0 bridgehead atoms. The van der Waals surface area contributed by atoms with E-state index in [9.17, 15) is 18.0 Å². The van der Waals surface area contributed by atoms with Crippen LogP contribution in [-0.2, 0) is 19.6 Å². The summed E-state index contributed by atoms with van der Waals surface area (Å²) < 4.78 is 36.7. The molecule has 1 amide bonds. The monoisotopic (exact) mass is 377 g/mol. The Balaban J connectivity index is 2.38. The number of sulfonamides is 1. The maximum absolute atomic E-state index is 12.9. The van der Waals surface area contributed by atoms with Crippen LogP contribution in [0.4, 0.5) is 5.69 Å². The van der Waals surface area contributed by atoms with E-state index in [4.69, 9.17) is 9.47 Å². The minimum Gasteiger partial charge on any atom is -0.494 e. The molecular formula is C18H19NO6S. The first-order valence-electron chi connectivity index (χ1n) is 7.83. The molecule has 0 spiro atoms. The van der Waals surface area contributed by atoms with E-state index in [-0.39, 0.29) is 16.3 Å². The Morgan fingerprint density at radius 3 is 1.92 bits per heavy atom. The van der Waals surface area contributed by atoms with Crippen molar-refractivity contribution in [2.75, 3.05) is 10.9 Å². The van der Waals surface area contributed by atoms with Crippen LogP contribution < -0.4 is 13.8 Å². The average molecular weight is 377 g/mol. The van der Waals surface area contributed by atoms with Gasteiger partial charge in [0.1, 0.15) is 11.5 Å². The first-order valence-corrected chi connectivity index (χ1v) is 9.27. The zero-order valence-electron chi connectivity index (χ0n) is 14.6. The third-order valence-corrected chi connectivity index (χ3v) is 5.11. The molecule has 8 heteroatoms. The maximum Gasteiger partial charge on any atom is 0.308 e. The van der Waals surface area contributed by atoms with E-state index in [1.807, 2.05) is 6.92 Å². The van der Waals surface area contributed by atoms with Crippen molar-refractivity contribution < 1.29 is 27.5 Å². The standard InChI is InChI=1S/C18H19NO6S/c1-4-24-16-9-11-18(12-10-16)26(22,23)19(13(2)20)15-5-7-17(8-6-15)25-14(3)21/h5-12H,4H2,1-3H3. The number of amides is 1. The Morgan fingerprint density at radius 1 is 0.923 bits per heavy atom. The van der Waals surface area contributed by atoms with Crippen molar-refractivity contribution in [2.24, 2.45) is 0 Å². The molecule has 0 saturated heterocycles. The van der Waals surface area contributed by atoms with Gasteiger partial charge >= 0.3 is 5.97 Å². The molecule has 0 aliphatic rings. The van der Waals surface area contributed by atoms with Gasteiger partial charge in [-0.05, 0) is 55.5 Å². The number of nitrogens with zero attached hydrogens (tertiary/aromatic N) is 1. The van der Waals surface area contributed by atoms with E-state index in [1.165, 1.54) is 55.5 Å². The zero-order valence-corrected chi connectivity index (χ0v) is 15.4. The largest absolute Gasteiger partial charge is 0.494 e. The third kappa shape index (κ3) is 4.40. The molecule has 0 saturated carbocycles. The summed E-state index contributed by atoms with van der Waals surface area (Å²) in [6, 6.07) is 11.4. The Labute approximate surface area is 152 Å². The van der Waals surface area contributed by atoms with Crippen LogP contribution in [-0.4, -0.2) is 26.9 Å². The van der Waals surface area contributed by atoms with Crippen LogP contribution in [0.2, 0.25) is 0 Å². The Bertz CT molecular complexity index is 888. The van der Waals surface area contributed by atoms with Crippen molar-refractivity contribution in [1.29, 1.82) is 0 Å². The van der Waals surface area contributed by atoms with Crippen molar-refractivity contribution in [3.63, 3.8) is 0 Å². The fraction of sp³-hybridized carbons (Fsp3) is 0.222. The van der Waals surface area contributed by atoms with Gasteiger partial charge in [-0.3, -0.25) is 9.59 Å². The first kappa shape index (κ1) is 19.5. The van der Waals surface area contributed by atoms with E-state index in [2.05, 4.69) is 0 Å². The number of esters is 1. The van der Waals surface area contributed by atoms with E-state index in [0.29, 0.717) is 16.7 Å². The molecule has 0 heterocycles. The molecule has 2 aromatic carbocycles. The highest BCUT2D eigenvalue weighted by molar-refractivity contribution is 7.93. The molecule has 138 valence electrons. The number of hydrogen-bond donors (Lipinski definition) is 0. The number of anilines is 1. The van der Waals surface area contributed by atoms with Crippen LogP contribution in [0.3, 0.4) is 0 Å². The number of ether oxygens (including phenoxy) is 2. The summed E-state index contributed by atoms with van der Waals surface area (Å²) in [5.74, 6) is -0.378. The number of carbonyl (C=O) groups is 2. The molecule has 0 aliphatic carbocycles. The van der Waals surface area contributed by atoms with Crippen LogP contribution in [0.25, 0.3) is 0 Å². The van der Waals surface area contributed by atoms with Crippen molar-refractivity contribution >= 4 is 27.6 Å². The minimum absolute atomic E-state index is 0.0415. The molecule has 2 rings (SSSR count). The molecule has 0 atom stereocenters. The van der Waals surface area contributed by atoms with Gasteiger partial charge in [-0.25, -0.2) is 12.7 Å². The van der Waals surface area contributed by atoms with Gasteiger partial charge in [0.05, 0.1) is 17.2 Å². The van der Waals surface area contributed by atoms with Crippen LogP contribution in [0.1, 0.15) is 20.8 Å². The molecular weight excluding hydrogens is 358 g/mol. The van der Waals surface area contributed by atoms with Crippen LogP contribution in [0.5, 0.6) is 11.5 Å². The summed E-state index contributed by atoms with van der Waals surface area (Å²) in [5, 5.41) is 0. The van der Waals surface area contributed by atoms with Gasteiger partial charge in [0.15, 0.2) is 0 Å². The molecule has 0 radical (unpaired) electrons. The Kier molecular flexibility index (Phi) is 5.99. The summed E-state index contributed by atoms with van der Waals surface area (Å²) in [4.78, 5) is 23.0. The summed E-state index contributed by atoms with van der Waals surface area (Å²) >= 11 is 0. The predicted octanol–water partition coefficient (Wildman–Crippen LogP) is 2.75. The van der Waals surface area contributed by atoms with Crippen molar-refractivity contribution in [2.45, 2.75) is 25.7 Å². The lowest BCUT2D eigenvalue weighted by molar-refractivity contribution is -0.131. The molecule has 7 nitrogen and oxygen atoms in total. The fourth-order valence-electron chi connectivity index (χ4n) is 2.29. The van der Waals surface area contributed by atoms with Gasteiger partial charge in [0, 0.05) is 13.8 Å². The molecule has 0 fully saturated rings. The third-order valence-electron chi connectivity index (χ3n) is 3.29. The number of hydrogen-bond acceptors (Lipinski definition) is 6. The summed E-state index contributed by atoms with van der Waals surface area (Å²) in [7, 11) is -4.10. The van der Waals surface area contributed by atoms with Crippen molar-refractivity contribution in [3.05, 3.63) is 48.5 Å². The van der Waals surface area contributed by atoms with Gasteiger partial charge in [-0.15, -0.1) is 0 Å². The highest BCUT2D eigenvalue weighted by Gasteiger charge is 2.28. The number of rotatable bonds is 6. The van der Waals surface area contributed by atoms with Crippen LogP contribution >= 0.6 is 0 Å². The van der Waals surface area contributed by atoms with Gasteiger partial charge in [0.25, 0.3) is 10.0 Å². The predicted molar refractivity (Wildman–Crippen MR) is 95.7 cm³/mol. The second kappa shape index (κ2) is 8.01. The molecule has 0 unspecified atom stereocenters. The maximum atomic E-state index is 12.9. The minimum atomic E-state index is -4.10. The van der Waals surface area contributed by atoms with Crippen molar-refractivity contribution in [3.8, 4) is 11.5 Å². The van der Waals surface area contributed by atoms with Crippen molar-refractivity contribution in [1.82, 2.24) is 0 Å². The fourth-order valence-corrected chi connectivity index (χ4v) is 3.71. The quantitative estimate of drug-likeness (QED) is 0.568. The molecule has 0 N–H and O–H groups in total. The van der Waals surface area contributed by atoms with Crippen LogP contribution in [0, 0.1) is 0 Å². The Morgan fingerprint density at radius 2 is 1.46 bits per heavy atom. The second-order valence-corrected chi connectivity index (χ2v) is 7.07. The normalized spacial score (nSPS) is 10.9. The van der Waals surface area contributed by atoms with Gasteiger partial charge in [-0.2, -0.15) is 0 Å². The highest BCUT2D eigenvalue weighted by atomic mass is 32.2. The van der Waals surface area contributed by atoms with Crippen LogP contribution in [0.15, 0.2) is 53.4 Å². The lowest BCUT2D eigenvalue weighted by atomic mass is 10.3. The second-order valence-electron chi connectivity index (χ2n) is 5.28. The molecule has 0 aliphatic heterocycles. The zero-order chi connectivity index (χ0) is 19.3. The van der Waals surface area contributed by atoms with E-state index >= 15 is 0 Å². The SMILES string of the molecule is CCOc1ccc(S(=O)(=O)N(C(C)=O)c2ccc(OC(C)=O)cc2)cc1. The van der Waals surface area contributed by atoms with Gasteiger partial charge in [-0.1, -0.05) is 0 Å². The summed E-state index contributed by atoms with van der Waals surface area (Å²) in [6.45, 7) is 4.69. The lowest BCUT2D eigenvalue weighted by Gasteiger charge is -2.21. The molecule has 26 heavy (non-hydrogen) atoms. The summed E-state index contributed by atoms with van der Waals surface area (Å²) in [6.07, 6.45) is 0. The summed E-state index contributed by atoms with van der Waals surface area (Å²) in [5.41, 5.74) is 0.141. The average Bonchev–Trinajstić information content (AvgIpc) is 2.56. The highest BCUT2D eigenvalue weighted by Crippen LogP contribution is 2.27. The van der Waals surface area contributed by atoms with E-state index in [1.54, 1.807) is 0 Å². The number of benzene rings is 2. The van der Waals surface area contributed by atoms with E-state index in [0.717, 1.165) is 6.92 Å². The molecule has 2 aromatic rings. The topological polar surface area (TPSA) is 90.0 Å². The number of carbonyl (C=O) groups excluding carboxylic acids is 2. The lowest BCUT2D eigenvalue weighted by Crippen LogP contribution is -2.35. The van der Waals surface area contributed by atoms with E-state index < -0.39 is 21.9 Å². The Hall–Kier alpha value is -2.87. The smallest absolute Gasteiger partial charge is 0.308 e. The molecule has 0 aromatic heterocycles. The first-order chi connectivity index (χ1) is 12.3. The van der Waals surface area contributed by atoms with Gasteiger partial charge in [0.2, 0.25) is 5.91 Å².